The summed E-state index contributed by atoms with van der Waals surface area (Å²) in [4.78, 5) is 10.0. The van der Waals surface area contributed by atoms with Gasteiger partial charge in [0.15, 0.2) is 0 Å². The predicted octanol–water partition coefficient (Wildman–Crippen LogP) is 1.90. The summed E-state index contributed by atoms with van der Waals surface area (Å²) in [6.07, 6.45) is 3.31. The van der Waals surface area contributed by atoms with E-state index >= 15 is 0 Å². The van der Waals surface area contributed by atoms with Gasteiger partial charge in [0.2, 0.25) is 0 Å². The molecule has 0 spiro atoms. The highest BCUT2D eigenvalue weighted by molar-refractivity contribution is 5.72. The average molecular weight is 199 g/mol. The third-order valence-electron chi connectivity index (χ3n) is 2.07. The van der Waals surface area contributed by atoms with Crippen LogP contribution >= 0.6 is 0 Å². The molecule has 1 aliphatic rings. The average Bonchev–Trinajstić information content (AvgIpc) is 2.54. The molecule has 1 heterocycles. The van der Waals surface area contributed by atoms with Crippen molar-refractivity contribution >= 4 is 5.97 Å². The van der Waals surface area contributed by atoms with Gasteiger partial charge < -0.3 is 10.4 Å². The van der Waals surface area contributed by atoms with E-state index in [9.17, 15) is 4.79 Å². The summed E-state index contributed by atoms with van der Waals surface area (Å²) in [7, 11) is 0. The minimum absolute atomic E-state index is 0.583. The molecule has 0 aromatic carbocycles. The van der Waals surface area contributed by atoms with E-state index in [-0.39, 0.29) is 0 Å². The van der Waals surface area contributed by atoms with Gasteiger partial charge in [-0.05, 0) is 39.7 Å². The fourth-order valence-corrected chi connectivity index (χ4v) is 0.878. The summed E-state index contributed by atoms with van der Waals surface area (Å²) in [5.41, 5.74) is -0.583. The Morgan fingerprint density at radius 3 is 2.21 bits per heavy atom. The molecule has 2 N–H and O–H groups in total. The molecule has 82 valence electrons. The smallest absolute Gasteiger partial charge is 0.308 e. The van der Waals surface area contributed by atoms with Crippen molar-refractivity contribution in [1.29, 1.82) is 0 Å². The number of nitrogens with one attached hydrogen (secondary N) is 1. The standard InChI is InChI=1S/C6H11N.C5H10O2/c1-2-6-3-4-7-5-6;1-5(2,3)4(6)7/h2,6-7H,1,3-5H2;1-3H3,(H,6,7)/t6-;/m0./s1. The first-order chi connectivity index (χ1) is 6.38. The third kappa shape index (κ3) is 5.75. The molecule has 0 unspecified atom stereocenters. The Balaban J connectivity index is 0.000000241. The fourth-order valence-electron chi connectivity index (χ4n) is 0.878. The van der Waals surface area contributed by atoms with E-state index in [0.29, 0.717) is 0 Å². The second kappa shape index (κ2) is 5.81. The lowest BCUT2D eigenvalue weighted by Gasteiger charge is -2.08. The molecule has 0 bridgehead atoms. The maximum Gasteiger partial charge on any atom is 0.308 e. The molecule has 0 saturated carbocycles. The lowest BCUT2D eigenvalue weighted by atomic mass is 9.98. The van der Waals surface area contributed by atoms with Crippen molar-refractivity contribution in [3.8, 4) is 0 Å². The number of hydrogen-bond acceptors (Lipinski definition) is 2. The van der Waals surface area contributed by atoms with Crippen LogP contribution in [0, 0.1) is 11.3 Å². The predicted molar refractivity (Wildman–Crippen MR) is 58.3 cm³/mol. The number of carbonyl (C=O) groups is 1. The first kappa shape index (κ1) is 13.2. The Morgan fingerprint density at radius 1 is 1.57 bits per heavy atom. The van der Waals surface area contributed by atoms with Crippen molar-refractivity contribution in [1.82, 2.24) is 5.32 Å². The van der Waals surface area contributed by atoms with Crippen molar-refractivity contribution < 1.29 is 9.90 Å². The van der Waals surface area contributed by atoms with E-state index in [1.807, 2.05) is 6.08 Å². The van der Waals surface area contributed by atoms with Gasteiger partial charge in [-0.1, -0.05) is 6.08 Å². The lowest BCUT2D eigenvalue weighted by Crippen LogP contribution is -2.18. The Labute approximate surface area is 86.2 Å². The van der Waals surface area contributed by atoms with Gasteiger partial charge in [0.25, 0.3) is 0 Å². The van der Waals surface area contributed by atoms with Crippen LogP contribution in [0.15, 0.2) is 12.7 Å². The Bertz CT molecular complexity index is 188. The zero-order chi connectivity index (χ0) is 11.2. The zero-order valence-corrected chi connectivity index (χ0v) is 9.34. The zero-order valence-electron chi connectivity index (χ0n) is 9.34. The monoisotopic (exact) mass is 199 g/mol. The van der Waals surface area contributed by atoms with E-state index in [0.717, 1.165) is 12.5 Å². The van der Waals surface area contributed by atoms with Crippen LogP contribution in [0.4, 0.5) is 0 Å². The first-order valence-corrected chi connectivity index (χ1v) is 4.94. The van der Waals surface area contributed by atoms with Crippen LogP contribution in [0.3, 0.4) is 0 Å². The van der Waals surface area contributed by atoms with E-state index < -0.39 is 11.4 Å². The molecule has 3 heteroatoms. The minimum Gasteiger partial charge on any atom is -0.481 e. The number of hydrogen-bond donors (Lipinski definition) is 2. The molecule has 0 radical (unpaired) electrons. The highest BCUT2D eigenvalue weighted by Gasteiger charge is 2.18. The number of aliphatic carboxylic acids is 1. The molecule has 3 nitrogen and oxygen atoms in total. The topological polar surface area (TPSA) is 49.3 Å². The van der Waals surface area contributed by atoms with Crippen LogP contribution < -0.4 is 5.32 Å². The fraction of sp³-hybridized carbons (Fsp3) is 0.727. The molecular weight excluding hydrogens is 178 g/mol. The summed E-state index contributed by atoms with van der Waals surface area (Å²) in [5.74, 6) is -0.00694. The lowest BCUT2D eigenvalue weighted by molar-refractivity contribution is -0.145. The summed E-state index contributed by atoms with van der Waals surface area (Å²) in [6, 6.07) is 0. The normalized spacial score (nSPS) is 20.9. The van der Waals surface area contributed by atoms with E-state index in [1.54, 1.807) is 20.8 Å². The molecule has 0 aliphatic carbocycles. The molecule has 0 aromatic rings. The maximum absolute atomic E-state index is 10.0. The van der Waals surface area contributed by atoms with Gasteiger partial charge in [0.1, 0.15) is 0 Å². The molecule has 0 amide bonds. The molecule has 14 heavy (non-hydrogen) atoms. The summed E-state index contributed by atoms with van der Waals surface area (Å²) in [5, 5.41) is 11.5. The summed E-state index contributed by atoms with van der Waals surface area (Å²) >= 11 is 0. The second-order valence-corrected chi connectivity index (χ2v) is 4.54. The number of carboxylic acid groups (broad SMARTS) is 1. The van der Waals surface area contributed by atoms with Crippen molar-refractivity contribution in [3.05, 3.63) is 12.7 Å². The Kier molecular flexibility index (Phi) is 5.46. The molecule has 1 atom stereocenters. The van der Waals surface area contributed by atoms with Crippen molar-refractivity contribution in [3.63, 3.8) is 0 Å². The van der Waals surface area contributed by atoms with Gasteiger partial charge in [-0.15, -0.1) is 6.58 Å². The number of carboxylic acids is 1. The van der Waals surface area contributed by atoms with Crippen molar-refractivity contribution in [2.75, 3.05) is 13.1 Å². The minimum atomic E-state index is -0.757. The maximum atomic E-state index is 10.0. The summed E-state index contributed by atoms with van der Waals surface area (Å²) in [6.45, 7) is 11.0. The van der Waals surface area contributed by atoms with Gasteiger partial charge >= 0.3 is 5.97 Å². The summed E-state index contributed by atoms with van der Waals surface area (Å²) < 4.78 is 0. The molecule has 1 rings (SSSR count). The van der Waals surface area contributed by atoms with E-state index in [2.05, 4.69) is 11.9 Å². The highest BCUT2D eigenvalue weighted by atomic mass is 16.4. The molecule has 1 aliphatic heterocycles. The molecular formula is C11H21NO2. The molecule has 0 aromatic heterocycles. The van der Waals surface area contributed by atoms with Crippen LogP contribution in [0.5, 0.6) is 0 Å². The van der Waals surface area contributed by atoms with Gasteiger partial charge in [-0.2, -0.15) is 0 Å². The second-order valence-electron chi connectivity index (χ2n) is 4.54. The van der Waals surface area contributed by atoms with E-state index in [1.165, 1.54) is 13.0 Å². The Morgan fingerprint density at radius 2 is 2.07 bits per heavy atom. The molecule has 1 saturated heterocycles. The van der Waals surface area contributed by atoms with E-state index in [4.69, 9.17) is 5.11 Å². The van der Waals surface area contributed by atoms with Crippen molar-refractivity contribution in [2.24, 2.45) is 11.3 Å². The van der Waals surface area contributed by atoms with Crippen LogP contribution in [-0.4, -0.2) is 24.2 Å². The van der Waals surface area contributed by atoms with Crippen LogP contribution in [-0.2, 0) is 4.79 Å². The van der Waals surface area contributed by atoms with Gasteiger partial charge in [-0.3, -0.25) is 4.79 Å². The quantitative estimate of drug-likeness (QED) is 0.634. The highest BCUT2D eigenvalue weighted by Crippen LogP contribution is 2.11. The molecule has 1 fully saturated rings. The first-order valence-electron chi connectivity index (χ1n) is 4.94. The Hall–Kier alpha value is -0.830. The van der Waals surface area contributed by atoms with Gasteiger partial charge in [0, 0.05) is 6.54 Å². The van der Waals surface area contributed by atoms with Gasteiger partial charge in [-0.25, -0.2) is 0 Å². The van der Waals surface area contributed by atoms with Crippen molar-refractivity contribution in [2.45, 2.75) is 27.2 Å². The van der Waals surface area contributed by atoms with Gasteiger partial charge in [0.05, 0.1) is 5.41 Å². The van der Waals surface area contributed by atoms with Crippen LogP contribution in [0.1, 0.15) is 27.2 Å². The third-order valence-corrected chi connectivity index (χ3v) is 2.07. The number of rotatable bonds is 1. The largest absolute Gasteiger partial charge is 0.481 e. The SMILES string of the molecule is C=C[C@H]1CCNC1.CC(C)(C)C(=O)O. The van der Waals surface area contributed by atoms with Crippen LogP contribution in [0.2, 0.25) is 0 Å². The van der Waals surface area contributed by atoms with Crippen LogP contribution in [0.25, 0.3) is 0 Å².